The second kappa shape index (κ2) is 7.38. The van der Waals surface area contributed by atoms with Gasteiger partial charge in [-0.25, -0.2) is 9.37 Å². The molecule has 1 aromatic carbocycles. The molecule has 2 heterocycles. The summed E-state index contributed by atoms with van der Waals surface area (Å²) in [5.74, 6) is 0.992. The number of ether oxygens (including phenoxy) is 2. The molecular formula is C23H23FN2O4. The lowest BCUT2D eigenvalue weighted by Crippen LogP contribution is -2.32. The van der Waals surface area contributed by atoms with Crippen LogP contribution in [-0.4, -0.2) is 35.9 Å². The molecule has 1 saturated carbocycles. The third kappa shape index (κ3) is 3.53. The number of aryl methyl sites for hydroxylation is 1. The summed E-state index contributed by atoms with van der Waals surface area (Å²) in [7, 11) is 0. The zero-order chi connectivity index (χ0) is 20.8. The van der Waals surface area contributed by atoms with Crippen molar-refractivity contribution in [2.75, 3.05) is 18.1 Å². The van der Waals surface area contributed by atoms with E-state index in [4.69, 9.17) is 9.47 Å². The quantitative estimate of drug-likeness (QED) is 0.727. The molecule has 3 aliphatic rings. The van der Waals surface area contributed by atoms with Crippen molar-refractivity contribution in [3.8, 4) is 11.6 Å². The highest BCUT2D eigenvalue weighted by Gasteiger charge is 2.36. The Morgan fingerprint density at radius 2 is 2.00 bits per heavy atom. The summed E-state index contributed by atoms with van der Waals surface area (Å²) in [5, 5.41) is 0. The molecule has 156 valence electrons. The van der Waals surface area contributed by atoms with Crippen molar-refractivity contribution in [1.29, 1.82) is 0 Å². The van der Waals surface area contributed by atoms with Crippen molar-refractivity contribution in [2.45, 2.75) is 45.1 Å². The van der Waals surface area contributed by atoms with Gasteiger partial charge in [0.05, 0.1) is 12.8 Å². The van der Waals surface area contributed by atoms with Gasteiger partial charge in [0.2, 0.25) is 5.88 Å². The lowest BCUT2D eigenvalue weighted by atomic mass is 10.1. The number of anilines is 1. The number of carbonyl (C=O) groups is 2. The van der Waals surface area contributed by atoms with E-state index < -0.39 is 11.9 Å². The molecule has 2 aliphatic carbocycles. The van der Waals surface area contributed by atoms with Crippen LogP contribution < -0.4 is 14.4 Å². The molecule has 1 saturated heterocycles. The molecule has 1 aliphatic heterocycles. The molecule has 0 unspecified atom stereocenters. The summed E-state index contributed by atoms with van der Waals surface area (Å²) in [5.41, 5.74) is 2.11. The normalized spacial score (nSPS) is 20.6. The van der Waals surface area contributed by atoms with Gasteiger partial charge in [-0.15, -0.1) is 0 Å². The smallest absolute Gasteiger partial charge is 0.268 e. The van der Waals surface area contributed by atoms with Gasteiger partial charge in [-0.3, -0.25) is 9.59 Å². The number of fused-ring (bicyclic) bond motifs is 1. The Morgan fingerprint density at radius 3 is 2.77 bits per heavy atom. The second-order valence-electron chi connectivity index (χ2n) is 8.31. The number of pyridine rings is 1. The van der Waals surface area contributed by atoms with E-state index in [1.165, 1.54) is 23.8 Å². The lowest BCUT2D eigenvalue weighted by molar-refractivity contribution is -0.122. The van der Waals surface area contributed by atoms with Crippen LogP contribution in [0.4, 0.5) is 10.1 Å². The van der Waals surface area contributed by atoms with Gasteiger partial charge in [0, 0.05) is 36.2 Å². The first-order chi connectivity index (χ1) is 14.5. The van der Waals surface area contributed by atoms with Crippen LogP contribution in [0.5, 0.6) is 11.6 Å². The molecular weight excluding hydrogens is 387 g/mol. The van der Waals surface area contributed by atoms with E-state index in [0.717, 1.165) is 5.56 Å². The Morgan fingerprint density at radius 1 is 1.17 bits per heavy atom. The Kier molecular flexibility index (Phi) is 4.68. The van der Waals surface area contributed by atoms with Gasteiger partial charge in [-0.1, -0.05) is 0 Å². The van der Waals surface area contributed by atoms with Crippen LogP contribution in [0.1, 0.15) is 47.2 Å². The van der Waals surface area contributed by atoms with Crippen LogP contribution >= 0.6 is 0 Å². The molecule has 0 bridgehead atoms. The maximum absolute atomic E-state index is 14.4. The summed E-state index contributed by atoms with van der Waals surface area (Å²) in [6, 6.07) is 4.79. The minimum absolute atomic E-state index is 0.0734. The number of Topliss-reactive ketones (excluding diaryl/α,β-unsaturated/α-hetero) is 1. The Labute approximate surface area is 174 Å². The fourth-order valence-corrected chi connectivity index (χ4v) is 4.07. The van der Waals surface area contributed by atoms with E-state index in [1.54, 1.807) is 12.3 Å². The third-order valence-electron chi connectivity index (χ3n) is 5.99. The molecule has 30 heavy (non-hydrogen) atoms. The minimum atomic E-state index is -0.670. The molecule has 1 amide bonds. The van der Waals surface area contributed by atoms with Crippen LogP contribution in [0, 0.1) is 18.7 Å². The minimum Gasteiger partial charge on any atom is -0.479 e. The van der Waals surface area contributed by atoms with Gasteiger partial charge in [0.15, 0.2) is 11.9 Å². The lowest BCUT2D eigenvalue weighted by Gasteiger charge is -2.19. The molecule has 0 radical (unpaired) electrons. The summed E-state index contributed by atoms with van der Waals surface area (Å²) < 4.78 is 26.0. The zero-order valence-electron chi connectivity index (χ0n) is 16.8. The van der Waals surface area contributed by atoms with Crippen LogP contribution in [0.15, 0.2) is 24.4 Å². The van der Waals surface area contributed by atoms with Crippen LogP contribution in [0.25, 0.3) is 0 Å². The number of halogens is 1. The summed E-state index contributed by atoms with van der Waals surface area (Å²) in [6.07, 6.45) is 4.54. The van der Waals surface area contributed by atoms with Gasteiger partial charge in [-0.05, 0) is 55.9 Å². The Bertz CT molecular complexity index is 1030. The van der Waals surface area contributed by atoms with E-state index in [9.17, 15) is 14.0 Å². The number of hydrogen-bond donors (Lipinski definition) is 0. The first-order valence-electron chi connectivity index (χ1n) is 10.4. The molecule has 7 heteroatoms. The number of hydrogen-bond acceptors (Lipinski definition) is 5. The molecule has 2 aromatic rings. The number of carbonyl (C=O) groups excluding carboxylic acids is 2. The standard InChI is InChI=1S/C23H23FN2O4/c1-13-8-16(11-25-22(13)29-12-14-2-3-14)30-21-6-7-26(23(21)28)15-9-18-17(19(24)10-15)4-5-20(18)27/h8-11,14,21H,2-7,12H2,1H3/t21-/m1/s1. The van der Waals surface area contributed by atoms with Crippen LogP contribution in [0.3, 0.4) is 0 Å². The van der Waals surface area contributed by atoms with Gasteiger partial charge in [0.1, 0.15) is 11.6 Å². The Hall–Kier alpha value is -2.96. The first kappa shape index (κ1) is 19.0. The van der Waals surface area contributed by atoms with Crippen molar-refractivity contribution in [3.05, 3.63) is 46.9 Å². The average molecular weight is 410 g/mol. The molecule has 0 spiro atoms. The molecule has 6 nitrogen and oxygen atoms in total. The van der Waals surface area contributed by atoms with Gasteiger partial charge in [-0.2, -0.15) is 0 Å². The average Bonchev–Trinajstić information content (AvgIpc) is 3.38. The van der Waals surface area contributed by atoms with Crippen LogP contribution in [-0.2, 0) is 11.2 Å². The fourth-order valence-electron chi connectivity index (χ4n) is 4.07. The van der Waals surface area contributed by atoms with Crippen molar-refractivity contribution < 1.29 is 23.5 Å². The van der Waals surface area contributed by atoms with E-state index in [-0.39, 0.29) is 11.7 Å². The summed E-state index contributed by atoms with van der Waals surface area (Å²) in [4.78, 5) is 30.7. The zero-order valence-corrected chi connectivity index (χ0v) is 16.8. The second-order valence-corrected chi connectivity index (χ2v) is 8.31. The van der Waals surface area contributed by atoms with Gasteiger partial charge >= 0.3 is 0 Å². The largest absolute Gasteiger partial charge is 0.479 e. The first-order valence-corrected chi connectivity index (χ1v) is 10.4. The van der Waals surface area contributed by atoms with Crippen molar-refractivity contribution in [3.63, 3.8) is 0 Å². The maximum Gasteiger partial charge on any atom is 0.268 e. The third-order valence-corrected chi connectivity index (χ3v) is 5.99. The monoisotopic (exact) mass is 410 g/mol. The number of ketones is 1. The summed E-state index contributed by atoms with van der Waals surface area (Å²) >= 11 is 0. The number of amides is 1. The number of nitrogens with zero attached hydrogens (tertiary/aromatic N) is 2. The predicted molar refractivity (Wildman–Crippen MR) is 108 cm³/mol. The van der Waals surface area contributed by atoms with Gasteiger partial charge in [0.25, 0.3) is 5.91 Å². The van der Waals surface area contributed by atoms with E-state index in [2.05, 4.69) is 4.98 Å². The highest BCUT2D eigenvalue weighted by molar-refractivity contribution is 6.04. The molecule has 1 aromatic heterocycles. The highest BCUT2D eigenvalue weighted by atomic mass is 19.1. The van der Waals surface area contributed by atoms with Crippen LogP contribution in [0.2, 0.25) is 0 Å². The molecule has 2 fully saturated rings. The van der Waals surface area contributed by atoms with Crippen molar-refractivity contribution in [1.82, 2.24) is 4.98 Å². The molecule has 1 atom stereocenters. The van der Waals surface area contributed by atoms with Gasteiger partial charge < -0.3 is 14.4 Å². The van der Waals surface area contributed by atoms with Crippen molar-refractivity contribution in [2.24, 2.45) is 5.92 Å². The number of rotatable bonds is 6. The summed E-state index contributed by atoms with van der Waals surface area (Å²) in [6.45, 7) is 2.99. The fraction of sp³-hybridized carbons (Fsp3) is 0.435. The molecule has 0 N–H and O–H groups in total. The predicted octanol–water partition coefficient (Wildman–Crippen LogP) is 3.63. The Balaban J connectivity index is 1.28. The maximum atomic E-state index is 14.4. The van der Waals surface area contributed by atoms with E-state index >= 15 is 0 Å². The van der Waals surface area contributed by atoms with E-state index in [1.807, 2.05) is 13.0 Å². The van der Waals surface area contributed by atoms with E-state index in [0.29, 0.717) is 66.8 Å². The van der Waals surface area contributed by atoms with Crippen molar-refractivity contribution >= 4 is 17.4 Å². The highest BCUT2D eigenvalue weighted by Crippen LogP contribution is 2.33. The number of benzene rings is 1. The number of aromatic nitrogens is 1. The SMILES string of the molecule is Cc1cc(O[C@@H]2CCN(c3cc(F)c4c(c3)C(=O)CC4)C2=O)cnc1OCC1CC1. The topological polar surface area (TPSA) is 68.7 Å². The molecule has 5 rings (SSSR count).